The van der Waals surface area contributed by atoms with Crippen LogP contribution in [0.2, 0.25) is 0 Å². The molecule has 0 radical (unpaired) electrons. The lowest BCUT2D eigenvalue weighted by molar-refractivity contribution is -0.366. The average Bonchev–Trinajstić information content (AvgIpc) is 3.21. The Morgan fingerprint density at radius 1 is 0.563 bits per heavy atom. The molecule has 0 aromatic carbocycles. The van der Waals surface area contributed by atoms with E-state index in [0.29, 0.717) is 0 Å². The molecule has 0 saturated carbocycles. The van der Waals surface area contributed by atoms with Crippen molar-refractivity contribution in [1.29, 1.82) is 0 Å². The van der Waals surface area contributed by atoms with Crippen molar-refractivity contribution in [2.75, 3.05) is 26.4 Å². The third-order valence-corrected chi connectivity index (χ3v) is 10.5. The molecule has 0 aliphatic carbocycles. The topological polar surface area (TPSA) is 352 Å². The fourth-order valence-corrected chi connectivity index (χ4v) is 7.45. The van der Waals surface area contributed by atoms with Crippen LogP contribution in [0.3, 0.4) is 0 Å². The fraction of sp³-hybridized carbons (Fsp3) is 0.767. The molecule has 3 fully saturated rings. The van der Waals surface area contributed by atoms with Crippen LogP contribution in [-0.4, -0.2) is 184 Å². The second-order valence-corrected chi connectivity index (χ2v) is 19.5. The third-order valence-electron chi connectivity index (χ3n) is 10.1. The van der Waals surface area contributed by atoms with Gasteiger partial charge in [-0.2, -0.15) is 8.42 Å². The quantitative estimate of drug-likeness (QED) is 0.0607. The minimum Gasteiger partial charge on any atom is -0.462 e. The summed E-state index contributed by atoms with van der Waals surface area (Å²) >= 11 is 0. The Morgan fingerprint density at radius 2 is 0.958 bits per heavy atom. The van der Waals surface area contributed by atoms with Crippen LogP contribution in [-0.2, 0) is 115 Å². The summed E-state index contributed by atoms with van der Waals surface area (Å²) in [5.41, 5.74) is -2.14. The molecule has 15 atom stereocenters. The molecule has 27 nitrogen and oxygen atoms in total. The van der Waals surface area contributed by atoms with Gasteiger partial charge in [-0.05, 0) is 41.5 Å². The molecule has 3 N–H and O–H groups in total. The summed E-state index contributed by atoms with van der Waals surface area (Å²) in [6, 6.07) is -1.87. The van der Waals surface area contributed by atoms with Crippen molar-refractivity contribution in [2.24, 2.45) is 10.8 Å². The monoisotopic (exact) mass is 1040 g/mol. The zero-order valence-corrected chi connectivity index (χ0v) is 42.2. The number of aliphatic hydroxyl groups is 1. The molecular formula is C43H65NO26S. The number of nitrogens with one attached hydrogen (secondary N) is 1. The van der Waals surface area contributed by atoms with Gasteiger partial charge in [-0.15, -0.1) is 6.58 Å². The number of hydrogen-bond acceptors (Lipinski definition) is 25. The molecule has 3 rings (SSSR count). The van der Waals surface area contributed by atoms with Crippen LogP contribution >= 0.6 is 0 Å². The van der Waals surface area contributed by atoms with Gasteiger partial charge in [0.25, 0.3) is 0 Å². The van der Waals surface area contributed by atoms with Crippen molar-refractivity contribution in [3.8, 4) is 0 Å². The highest BCUT2D eigenvalue weighted by molar-refractivity contribution is 7.80. The SMILES string of the molecule is C=CCO[C@@H]1O[C@H](COC(=O)C(C)(C)C)[C@H](OC(C)=O)[C@H](O[C@@H]2O[C@H](COS(=O)(=O)O)[C@@H](O)[C@H](O[C@@H]3O[C@H](COC(=O)C(C)(C)C)[C@H](OC(C)=O)[C@H](OC(C)=O)[C@H]3OC(C)=O)[C@H]2NC(C)=O)[C@H]1OC(C)=O. The van der Waals surface area contributed by atoms with E-state index >= 15 is 0 Å². The van der Waals surface area contributed by atoms with E-state index in [1.165, 1.54) is 26.8 Å². The highest BCUT2D eigenvalue weighted by atomic mass is 32.3. The molecule has 3 heterocycles. The molecule has 0 aromatic rings. The predicted octanol–water partition coefficient (Wildman–Crippen LogP) is -0.344. The van der Waals surface area contributed by atoms with Gasteiger partial charge < -0.3 is 72.0 Å². The maximum atomic E-state index is 13.1. The van der Waals surface area contributed by atoms with Crippen LogP contribution in [0.5, 0.6) is 0 Å². The number of carbonyl (C=O) groups excluding carboxylic acids is 8. The first-order chi connectivity index (χ1) is 32.7. The van der Waals surface area contributed by atoms with E-state index in [1.807, 2.05) is 0 Å². The summed E-state index contributed by atoms with van der Waals surface area (Å²) in [4.78, 5) is 103. The van der Waals surface area contributed by atoms with E-state index in [9.17, 15) is 56.4 Å². The van der Waals surface area contributed by atoms with E-state index in [1.54, 1.807) is 20.8 Å². The second-order valence-electron chi connectivity index (χ2n) is 18.4. The molecule has 0 unspecified atom stereocenters. The first-order valence-corrected chi connectivity index (χ1v) is 23.4. The highest BCUT2D eigenvalue weighted by Crippen LogP contribution is 2.37. The molecular weight excluding hydrogens is 979 g/mol. The van der Waals surface area contributed by atoms with Gasteiger partial charge in [0.15, 0.2) is 49.4 Å². The van der Waals surface area contributed by atoms with Crippen molar-refractivity contribution < 1.29 is 122 Å². The van der Waals surface area contributed by atoms with Crippen LogP contribution in [0.1, 0.15) is 83.1 Å². The molecule has 0 bridgehead atoms. The van der Waals surface area contributed by atoms with E-state index in [-0.39, 0.29) is 6.61 Å². The largest absolute Gasteiger partial charge is 0.462 e. The fourth-order valence-electron chi connectivity index (χ4n) is 7.15. The van der Waals surface area contributed by atoms with Gasteiger partial charge in [0.05, 0.1) is 24.0 Å². The Morgan fingerprint density at radius 3 is 1.38 bits per heavy atom. The molecule has 0 spiro atoms. The minimum atomic E-state index is -5.30. The Bertz CT molecular complexity index is 2030. The normalized spacial score (nSPS) is 31.2. The first kappa shape index (κ1) is 60.4. The van der Waals surface area contributed by atoms with Crippen molar-refractivity contribution in [1.82, 2.24) is 5.32 Å². The number of ether oxygens (including phenoxy) is 13. The van der Waals surface area contributed by atoms with E-state index in [2.05, 4.69) is 16.1 Å². The highest BCUT2D eigenvalue weighted by Gasteiger charge is 2.59. The smallest absolute Gasteiger partial charge is 0.397 e. The van der Waals surface area contributed by atoms with Gasteiger partial charge in [-0.3, -0.25) is 42.9 Å². The van der Waals surface area contributed by atoms with Crippen LogP contribution in [0.15, 0.2) is 12.7 Å². The lowest BCUT2D eigenvalue weighted by Gasteiger charge is -2.50. The number of aliphatic hydroxyl groups excluding tert-OH is 1. The van der Waals surface area contributed by atoms with Crippen LogP contribution in [0, 0.1) is 10.8 Å². The predicted molar refractivity (Wildman–Crippen MR) is 232 cm³/mol. The molecule has 28 heteroatoms. The Kier molecular flexibility index (Phi) is 21.8. The molecule has 0 aromatic heterocycles. The van der Waals surface area contributed by atoms with Gasteiger partial charge in [-0.25, -0.2) is 4.18 Å². The second kappa shape index (κ2) is 25.7. The molecule has 404 valence electrons. The maximum absolute atomic E-state index is 13.1. The number of rotatable bonds is 20. The Labute approximate surface area is 409 Å². The number of hydrogen-bond donors (Lipinski definition) is 3. The standard InChI is InChI=1S/C43H65NO26S/c1-14-15-57-38-35(64-23(6)49)34(31(62-21(4)47)26(67-38)16-58-40(52)42(8,9)10)70-37-28(44-19(2)45)32(29(51)25(66-37)18-60-71(54,55)56)69-39-36(65-24(7)50)33(63-22(5)48)30(61-20(3)46)27(68-39)17-59-41(53)43(11,12)13/h14,25-39,51H,1,15-18H2,2-13H3,(H,44,45)(H,54,55,56)/t25-,26-,27-,28-,29-,30+,31+,32-,33+,34+,35-,36-,37+,38-,39+/m1/s1. The molecule has 3 aliphatic rings. The number of carbonyl (C=O) groups is 8. The van der Waals surface area contributed by atoms with E-state index in [4.69, 9.17) is 61.6 Å². The summed E-state index contributed by atoms with van der Waals surface area (Å²) in [6.07, 6.45) is -24.7. The maximum Gasteiger partial charge on any atom is 0.397 e. The molecule has 3 aliphatic heterocycles. The molecule has 1 amide bonds. The Balaban J connectivity index is 2.34. The molecule has 71 heavy (non-hydrogen) atoms. The van der Waals surface area contributed by atoms with Crippen molar-refractivity contribution in [2.45, 2.75) is 175 Å². The lowest BCUT2D eigenvalue weighted by Crippen LogP contribution is -2.70. The summed E-state index contributed by atoms with van der Waals surface area (Å²) in [5, 5.41) is 14.5. The van der Waals surface area contributed by atoms with E-state index in [0.717, 1.165) is 41.5 Å². The summed E-state index contributed by atoms with van der Waals surface area (Å²) < 4.78 is 114. The number of amides is 1. The van der Waals surface area contributed by atoms with Crippen molar-refractivity contribution >= 4 is 58.1 Å². The lowest BCUT2D eigenvalue weighted by atomic mass is 9.94. The van der Waals surface area contributed by atoms with Crippen molar-refractivity contribution in [3.63, 3.8) is 0 Å². The number of esters is 7. The summed E-state index contributed by atoms with van der Waals surface area (Å²) in [6.45, 7) is 15.9. The Hall–Kier alpha value is -4.91. The molecule has 3 saturated heterocycles. The third kappa shape index (κ3) is 18.3. The zero-order valence-electron chi connectivity index (χ0n) is 41.4. The van der Waals surface area contributed by atoms with Crippen LogP contribution in [0.4, 0.5) is 0 Å². The summed E-state index contributed by atoms with van der Waals surface area (Å²) in [5.74, 6) is -7.39. The van der Waals surface area contributed by atoms with E-state index < -0.39 is 181 Å². The van der Waals surface area contributed by atoms with Crippen LogP contribution < -0.4 is 5.32 Å². The van der Waals surface area contributed by atoms with Crippen LogP contribution in [0.25, 0.3) is 0 Å². The van der Waals surface area contributed by atoms with Gasteiger partial charge in [0, 0.05) is 41.5 Å². The van der Waals surface area contributed by atoms with Gasteiger partial charge in [0.1, 0.15) is 55.9 Å². The zero-order chi connectivity index (χ0) is 53.9. The van der Waals surface area contributed by atoms with Gasteiger partial charge in [0.2, 0.25) is 5.91 Å². The summed E-state index contributed by atoms with van der Waals surface area (Å²) in [7, 11) is -5.30. The van der Waals surface area contributed by atoms with Gasteiger partial charge in [-0.1, -0.05) is 6.08 Å². The first-order valence-electron chi connectivity index (χ1n) is 22.0. The average molecular weight is 1040 g/mol. The van der Waals surface area contributed by atoms with Gasteiger partial charge >= 0.3 is 52.2 Å². The van der Waals surface area contributed by atoms with Crippen molar-refractivity contribution in [3.05, 3.63) is 12.7 Å². The minimum absolute atomic E-state index is 0.262.